The molecule has 0 spiro atoms. The Balaban J connectivity index is 0. The monoisotopic (exact) mass is 302 g/mol. The molecule has 0 aliphatic rings. The molecule has 80 valence electrons. The van der Waals surface area contributed by atoms with Crippen LogP contribution in [-0.4, -0.2) is 50.2 Å². The van der Waals surface area contributed by atoms with Crippen molar-refractivity contribution in [1.29, 1.82) is 0 Å². The van der Waals surface area contributed by atoms with Crippen molar-refractivity contribution in [3.63, 3.8) is 0 Å². The topological polar surface area (TPSA) is 92.2 Å². The summed E-state index contributed by atoms with van der Waals surface area (Å²) in [6.07, 6.45) is 0. The van der Waals surface area contributed by atoms with E-state index in [2.05, 4.69) is 0 Å². The molecule has 0 fully saturated rings. The van der Waals surface area contributed by atoms with Crippen LogP contribution in [0.1, 0.15) is 0 Å². The standard InChI is InChI=1S/C7H17N3O2.HI/c1-10(4-2-8,5-3-9)6-7(11)12;/h2-6,8-9H2,1H3;1H/p-1. The SMILES string of the molecule is C[N+](CCN)(CCN)CC(=O)[O-].[I-]. The van der Waals surface area contributed by atoms with Crippen LogP contribution in [0.15, 0.2) is 0 Å². The fraction of sp³-hybridized carbons (Fsp3) is 0.857. The second-order valence-corrected chi connectivity index (χ2v) is 3.17. The van der Waals surface area contributed by atoms with Gasteiger partial charge >= 0.3 is 0 Å². The van der Waals surface area contributed by atoms with Gasteiger partial charge in [-0.05, 0) is 0 Å². The minimum absolute atomic E-state index is 0. The quantitative estimate of drug-likeness (QED) is 0.377. The van der Waals surface area contributed by atoms with E-state index < -0.39 is 5.97 Å². The lowest BCUT2D eigenvalue weighted by atomic mass is 10.3. The third-order valence-electron chi connectivity index (χ3n) is 1.85. The number of hydrogen-bond acceptors (Lipinski definition) is 4. The van der Waals surface area contributed by atoms with Crippen LogP contribution in [0.4, 0.5) is 0 Å². The van der Waals surface area contributed by atoms with Crippen LogP contribution in [0.5, 0.6) is 0 Å². The van der Waals surface area contributed by atoms with Crippen molar-refractivity contribution in [1.82, 2.24) is 0 Å². The van der Waals surface area contributed by atoms with Crippen molar-refractivity contribution >= 4 is 5.97 Å². The third kappa shape index (κ3) is 7.17. The average Bonchev–Trinajstić information content (AvgIpc) is 1.85. The molecular formula is C7H17IN3O2-. The van der Waals surface area contributed by atoms with Gasteiger partial charge < -0.3 is 49.8 Å². The molecule has 0 radical (unpaired) electrons. The molecule has 0 aromatic heterocycles. The van der Waals surface area contributed by atoms with Gasteiger partial charge in [-0.1, -0.05) is 0 Å². The van der Waals surface area contributed by atoms with E-state index in [0.717, 1.165) is 0 Å². The molecule has 0 saturated carbocycles. The molecule has 0 amide bonds. The molecule has 0 heterocycles. The Morgan fingerprint density at radius 3 is 1.92 bits per heavy atom. The lowest BCUT2D eigenvalue weighted by Crippen LogP contribution is -3.00. The number of hydrogen-bond donors (Lipinski definition) is 2. The zero-order valence-electron chi connectivity index (χ0n) is 7.83. The van der Waals surface area contributed by atoms with E-state index in [9.17, 15) is 9.90 Å². The van der Waals surface area contributed by atoms with Crippen molar-refractivity contribution in [2.45, 2.75) is 0 Å². The summed E-state index contributed by atoms with van der Waals surface area (Å²) >= 11 is 0. The maximum atomic E-state index is 10.4. The van der Waals surface area contributed by atoms with Crippen molar-refractivity contribution in [2.24, 2.45) is 11.5 Å². The van der Waals surface area contributed by atoms with E-state index in [1.807, 2.05) is 7.05 Å². The average molecular weight is 302 g/mol. The first-order valence-electron chi connectivity index (χ1n) is 3.97. The number of quaternary nitrogens is 1. The lowest BCUT2D eigenvalue weighted by molar-refractivity contribution is -0.901. The van der Waals surface area contributed by atoms with Gasteiger partial charge in [-0.2, -0.15) is 0 Å². The molecule has 0 aliphatic heterocycles. The van der Waals surface area contributed by atoms with Gasteiger partial charge in [0.1, 0.15) is 6.54 Å². The number of carbonyl (C=O) groups is 1. The van der Waals surface area contributed by atoms with E-state index in [1.165, 1.54) is 0 Å². The highest BCUT2D eigenvalue weighted by atomic mass is 127. The van der Waals surface area contributed by atoms with Crippen LogP contribution in [0, 0.1) is 0 Å². The zero-order valence-corrected chi connectivity index (χ0v) is 9.99. The second-order valence-electron chi connectivity index (χ2n) is 3.17. The number of carboxylic acid groups (broad SMARTS) is 1. The molecule has 0 atom stereocenters. The van der Waals surface area contributed by atoms with Crippen molar-refractivity contribution in [3.8, 4) is 0 Å². The first kappa shape index (κ1) is 15.5. The van der Waals surface area contributed by atoms with Gasteiger partial charge in [0.2, 0.25) is 0 Å². The first-order chi connectivity index (χ1) is 5.54. The molecule has 0 unspecified atom stereocenters. The fourth-order valence-electron chi connectivity index (χ4n) is 1.20. The van der Waals surface area contributed by atoms with Crippen LogP contribution in [0.2, 0.25) is 0 Å². The van der Waals surface area contributed by atoms with E-state index in [0.29, 0.717) is 30.7 Å². The predicted octanol–water partition coefficient (Wildman–Crippen LogP) is -5.90. The first-order valence-corrected chi connectivity index (χ1v) is 3.97. The van der Waals surface area contributed by atoms with Gasteiger partial charge in [-0.25, -0.2) is 0 Å². The predicted molar refractivity (Wildman–Crippen MR) is 43.9 cm³/mol. The molecule has 0 aliphatic carbocycles. The number of nitrogens with two attached hydrogens (primary N) is 2. The number of rotatable bonds is 6. The van der Waals surface area contributed by atoms with Crippen LogP contribution in [0.25, 0.3) is 0 Å². The summed E-state index contributed by atoms with van der Waals surface area (Å²) in [6, 6.07) is 0. The molecule has 4 N–H and O–H groups in total. The van der Waals surface area contributed by atoms with Gasteiger partial charge in [-0.3, -0.25) is 0 Å². The van der Waals surface area contributed by atoms with Gasteiger partial charge in [0, 0.05) is 13.1 Å². The van der Waals surface area contributed by atoms with E-state index in [-0.39, 0.29) is 30.5 Å². The van der Waals surface area contributed by atoms with E-state index in [1.54, 1.807) is 0 Å². The van der Waals surface area contributed by atoms with Gasteiger partial charge in [-0.15, -0.1) is 0 Å². The summed E-state index contributed by atoms with van der Waals surface area (Å²) in [4.78, 5) is 10.4. The lowest BCUT2D eigenvalue weighted by Gasteiger charge is -2.34. The molecule has 0 rings (SSSR count). The zero-order chi connectivity index (χ0) is 9.61. The highest BCUT2D eigenvalue weighted by Crippen LogP contribution is 1.98. The van der Waals surface area contributed by atoms with Crippen molar-refractivity contribution in [3.05, 3.63) is 0 Å². The summed E-state index contributed by atoms with van der Waals surface area (Å²) in [7, 11) is 1.82. The maximum Gasteiger partial charge on any atom is 0.119 e. The molecular weight excluding hydrogens is 285 g/mol. The van der Waals surface area contributed by atoms with Crippen LogP contribution in [0.3, 0.4) is 0 Å². The Morgan fingerprint density at radius 1 is 1.31 bits per heavy atom. The Kier molecular flexibility index (Phi) is 8.95. The Hall–Kier alpha value is 0.0800. The van der Waals surface area contributed by atoms with Crippen LogP contribution >= 0.6 is 0 Å². The minimum atomic E-state index is -1.06. The van der Waals surface area contributed by atoms with Gasteiger partial charge in [0.15, 0.2) is 0 Å². The Labute approximate surface area is 95.7 Å². The number of carboxylic acids is 1. The van der Waals surface area contributed by atoms with Crippen LogP contribution < -0.4 is 40.6 Å². The summed E-state index contributed by atoms with van der Waals surface area (Å²) in [6.45, 7) is 2.14. The third-order valence-corrected chi connectivity index (χ3v) is 1.85. The molecule has 5 nitrogen and oxygen atoms in total. The van der Waals surface area contributed by atoms with Gasteiger partial charge in [0.25, 0.3) is 0 Å². The van der Waals surface area contributed by atoms with E-state index in [4.69, 9.17) is 11.5 Å². The molecule has 0 saturated heterocycles. The highest BCUT2D eigenvalue weighted by Gasteiger charge is 2.19. The Bertz CT molecular complexity index is 149. The van der Waals surface area contributed by atoms with Crippen LogP contribution in [-0.2, 0) is 4.79 Å². The summed E-state index contributed by atoms with van der Waals surface area (Å²) in [5.41, 5.74) is 10.7. The Morgan fingerprint density at radius 2 is 1.69 bits per heavy atom. The number of halogens is 1. The summed E-state index contributed by atoms with van der Waals surface area (Å²) < 4.78 is 0.356. The smallest absolute Gasteiger partial charge is 0.119 e. The normalized spacial score (nSPS) is 10.7. The number of nitrogens with zero attached hydrogens (tertiary/aromatic N) is 1. The number of carbonyl (C=O) groups excluding carboxylic acids is 1. The van der Waals surface area contributed by atoms with E-state index >= 15 is 0 Å². The highest BCUT2D eigenvalue weighted by molar-refractivity contribution is 5.65. The molecule has 13 heavy (non-hydrogen) atoms. The molecule has 0 aromatic carbocycles. The number of likely N-dealkylation sites (N-methyl/N-ethyl adjacent to an activating group) is 1. The maximum absolute atomic E-state index is 10.4. The van der Waals surface area contributed by atoms with Crippen molar-refractivity contribution in [2.75, 3.05) is 39.8 Å². The fourth-order valence-corrected chi connectivity index (χ4v) is 1.20. The second kappa shape index (κ2) is 7.48. The molecule has 0 bridgehead atoms. The summed E-state index contributed by atoms with van der Waals surface area (Å²) in [5.74, 6) is -1.06. The minimum Gasteiger partial charge on any atom is -1.00 e. The largest absolute Gasteiger partial charge is 1.00 e. The van der Waals surface area contributed by atoms with Crippen molar-refractivity contribution < 1.29 is 38.4 Å². The van der Waals surface area contributed by atoms with Gasteiger partial charge in [0.05, 0.1) is 26.1 Å². The summed E-state index contributed by atoms with van der Waals surface area (Å²) in [5, 5.41) is 10.4. The number of aliphatic carboxylic acids is 1. The molecule has 0 aromatic rings. The molecule has 6 heteroatoms.